The maximum absolute atomic E-state index is 8.91. The van der Waals surface area contributed by atoms with Crippen LogP contribution in [0, 0.1) is 0 Å². The second-order valence-electron chi connectivity index (χ2n) is 4.25. The molecule has 0 saturated heterocycles. The van der Waals surface area contributed by atoms with E-state index in [0.717, 1.165) is 16.7 Å². The molecule has 0 spiro atoms. The number of nitrogens with two attached hydrogens (primary N) is 1. The molecule has 3 rings (SSSR count). The van der Waals surface area contributed by atoms with E-state index in [-0.39, 0.29) is 5.84 Å². The molecule has 0 aliphatic carbocycles. The molecule has 0 aliphatic rings. The third-order valence-electron chi connectivity index (χ3n) is 3.06. The van der Waals surface area contributed by atoms with Crippen molar-refractivity contribution in [3.63, 3.8) is 0 Å². The lowest BCUT2D eigenvalue weighted by molar-refractivity contribution is 0.318. The molecular weight excluding hydrogens is 276 g/mol. The number of amidine groups is 1. The van der Waals surface area contributed by atoms with E-state index < -0.39 is 0 Å². The van der Waals surface area contributed by atoms with Gasteiger partial charge in [-0.2, -0.15) is 0 Å². The second-order valence-corrected chi connectivity index (χ2v) is 4.69. The molecule has 20 heavy (non-hydrogen) atoms. The van der Waals surface area contributed by atoms with Gasteiger partial charge < -0.3 is 10.9 Å². The molecule has 1 aromatic heterocycles. The minimum Gasteiger partial charge on any atom is -0.409 e. The predicted octanol–water partition coefficient (Wildman–Crippen LogP) is 2.77. The van der Waals surface area contributed by atoms with E-state index in [1.165, 1.54) is 0 Å². The number of oxime groups is 1. The Labute approximate surface area is 119 Å². The number of imidazole rings is 1. The molecular formula is C14H11ClN4O. The van der Waals surface area contributed by atoms with Crippen LogP contribution in [-0.4, -0.2) is 20.6 Å². The molecule has 3 N–H and O–H groups in total. The van der Waals surface area contributed by atoms with Crippen LogP contribution in [0.15, 0.2) is 53.9 Å². The maximum Gasteiger partial charge on any atom is 0.172 e. The fourth-order valence-electron chi connectivity index (χ4n) is 2.13. The topological polar surface area (TPSA) is 76.4 Å². The summed E-state index contributed by atoms with van der Waals surface area (Å²) < 4.78 is 1.87. The van der Waals surface area contributed by atoms with Gasteiger partial charge in [0.25, 0.3) is 0 Å². The molecule has 0 fully saturated rings. The molecule has 2 aromatic carbocycles. The number of para-hydroxylation sites is 2. The number of hydrogen-bond acceptors (Lipinski definition) is 3. The predicted molar refractivity (Wildman–Crippen MR) is 78.6 cm³/mol. The Balaban J connectivity index is 2.29. The van der Waals surface area contributed by atoms with E-state index >= 15 is 0 Å². The zero-order chi connectivity index (χ0) is 14.1. The summed E-state index contributed by atoms with van der Waals surface area (Å²) in [5, 5.41) is 12.5. The van der Waals surface area contributed by atoms with Crippen molar-refractivity contribution in [2.45, 2.75) is 0 Å². The summed E-state index contributed by atoms with van der Waals surface area (Å²) in [5.74, 6) is 0.000260. The number of aromatic nitrogens is 2. The van der Waals surface area contributed by atoms with Gasteiger partial charge in [0.1, 0.15) is 6.33 Å². The Morgan fingerprint density at radius 3 is 2.85 bits per heavy atom. The summed E-state index contributed by atoms with van der Waals surface area (Å²) in [6.45, 7) is 0. The Morgan fingerprint density at radius 1 is 1.25 bits per heavy atom. The quantitative estimate of drug-likeness (QED) is 0.329. The number of fused-ring (bicyclic) bond motifs is 1. The van der Waals surface area contributed by atoms with Crippen LogP contribution in [0.2, 0.25) is 5.02 Å². The summed E-state index contributed by atoms with van der Waals surface area (Å²) >= 11 is 5.98. The van der Waals surface area contributed by atoms with E-state index in [4.69, 9.17) is 22.5 Å². The average Bonchev–Trinajstić information content (AvgIpc) is 2.90. The van der Waals surface area contributed by atoms with Crippen LogP contribution in [0.5, 0.6) is 0 Å². The monoisotopic (exact) mass is 286 g/mol. The van der Waals surface area contributed by atoms with Crippen LogP contribution in [-0.2, 0) is 0 Å². The molecule has 6 heteroatoms. The third-order valence-corrected chi connectivity index (χ3v) is 3.29. The van der Waals surface area contributed by atoms with Gasteiger partial charge in [-0.3, -0.25) is 4.57 Å². The maximum atomic E-state index is 8.91. The highest BCUT2D eigenvalue weighted by atomic mass is 35.5. The zero-order valence-corrected chi connectivity index (χ0v) is 11.1. The number of benzene rings is 2. The third kappa shape index (κ3) is 1.98. The van der Waals surface area contributed by atoms with Gasteiger partial charge in [0.2, 0.25) is 0 Å². The highest BCUT2D eigenvalue weighted by molar-refractivity contribution is 6.31. The van der Waals surface area contributed by atoms with Crippen molar-refractivity contribution in [2.24, 2.45) is 10.9 Å². The summed E-state index contributed by atoms with van der Waals surface area (Å²) in [6.07, 6.45) is 1.70. The van der Waals surface area contributed by atoms with Gasteiger partial charge >= 0.3 is 0 Å². The fourth-order valence-corrected chi connectivity index (χ4v) is 2.30. The van der Waals surface area contributed by atoms with Crippen molar-refractivity contribution in [1.82, 2.24) is 9.55 Å². The molecule has 0 aliphatic heterocycles. The number of rotatable bonds is 2. The van der Waals surface area contributed by atoms with Crippen molar-refractivity contribution in [1.29, 1.82) is 0 Å². The van der Waals surface area contributed by atoms with Crippen LogP contribution in [0.3, 0.4) is 0 Å². The highest BCUT2D eigenvalue weighted by Crippen LogP contribution is 2.23. The first kappa shape index (κ1) is 12.5. The lowest BCUT2D eigenvalue weighted by atomic mass is 10.1. The average molecular weight is 287 g/mol. The molecule has 0 bridgehead atoms. The Kier molecular flexibility index (Phi) is 3.04. The van der Waals surface area contributed by atoms with Crippen LogP contribution >= 0.6 is 11.6 Å². The SMILES string of the molecule is NC(=NO)c1cc(Cl)ccc1-n1cnc2ccccc21. The van der Waals surface area contributed by atoms with E-state index in [0.29, 0.717) is 10.6 Å². The van der Waals surface area contributed by atoms with Crippen LogP contribution < -0.4 is 5.73 Å². The van der Waals surface area contributed by atoms with E-state index in [9.17, 15) is 0 Å². The molecule has 0 amide bonds. The van der Waals surface area contributed by atoms with Gasteiger partial charge in [0.05, 0.1) is 16.7 Å². The van der Waals surface area contributed by atoms with Crippen molar-refractivity contribution in [3.05, 3.63) is 59.4 Å². The van der Waals surface area contributed by atoms with Gasteiger partial charge in [-0.15, -0.1) is 0 Å². The van der Waals surface area contributed by atoms with E-state index in [1.54, 1.807) is 18.5 Å². The standard InChI is InChI=1S/C14H11ClN4O/c15-9-5-6-12(10(7-9)14(16)18-20)19-8-17-11-3-1-2-4-13(11)19/h1-8,20H,(H2,16,18). The van der Waals surface area contributed by atoms with Crippen LogP contribution in [0.4, 0.5) is 0 Å². The van der Waals surface area contributed by atoms with Gasteiger partial charge in [-0.1, -0.05) is 28.9 Å². The minimum atomic E-state index is 0.000260. The van der Waals surface area contributed by atoms with Gasteiger partial charge in [-0.25, -0.2) is 4.98 Å². The minimum absolute atomic E-state index is 0.000260. The summed E-state index contributed by atoms with van der Waals surface area (Å²) in [7, 11) is 0. The normalized spacial score (nSPS) is 11.9. The van der Waals surface area contributed by atoms with Crippen LogP contribution in [0.25, 0.3) is 16.7 Å². The molecule has 0 saturated carbocycles. The molecule has 1 heterocycles. The zero-order valence-electron chi connectivity index (χ0n) is 10.4. The first-order valence-electron chi connectivity index (χ1n) is 5.90. The molecule has 0 unspecified atom stereocenters. The lowest BCUT2D eigenvalue weighted by Crippen LogP contribution is -2.16. The second kappa shape index (κ2) is 4.86. The summed E-state index contributed by atoms with van der Waals surface area (Å²) in [6, 6.07) is 12.9. The van der Waals surface area contributed by atoms with E-state index in [2.05, 4.69) is 10.1 Å². The first-order chi connectivity index (χ1) is 9.70. The highest BCUT2D eigenvalue weighted by Gasteiger charge is 2.12. The molecule has 3 aromatic rings. The summed E-state index contributed by atoms with van der Waals surface area (Å²) in [5.41, 5.74) is 8.82. The molecule has 0 radical (unpaired) electrons. The fraction of sp³-hybridized carbons (Fsp3) is 0. The van der Waals surface area contributed by atoms with Gasteiger partial charge in [0, 0.05) is 10.6 Å². The smallest absolute Gasteiger partial charge is 0.172 e. The van der Waals surface area contributed by atoms with E-state index in [1.807, 2.05) is 34.9 Å². The largest absolute Gasteiger partial charge is 0.409 e. The lowest BCUT2D eigenvalue weighted by Gasteiger charge is -2.10. The van der Waals surface area contributed by atoms with Crippen molar-refractivity contribution in [2.75, 3.05) is 0 Å². The van der Waals surface area contributed by atoms with Crippen molar-refractivity contribution < 1.29 is 5.21 Å². The Hall–Kier alpha value is -2.53. The number of halogens is 1. The first-order valence-corrected chi connectivity index (χ1v) is 6.28. The molecule has 0 atom stereocenters. The number of hydrogen-bond donors (Lipinski definition) is 2. The number of nitrogens with zero attached hydrogens (tertiary/aromatic N) is 3. The molecule has 100 valence electrons. The Bertz CT molecular complexity index is 810. The van der Waals surface area contributed by atoms with Gasteiger partial charge in [0.15, 0.2) is 5.84 Å². The van der Waals surface area contributed by atoms with Crippen molar-refractivity contribution >= 4 is 28.5 Å². The molecule has 5 nitrogen and oxygen atoms in total. The van der Waals surface area contributed by atoms with Crippen molar-refractivity contribution in [3.8, 4) is 5.69 Å². The Morgan fingerprint density at radius 2 is 2.05 bits per heavy atom. The van der Waals surface area contributed by atoms with Gasteiger partial charge in [-0.05, 0) is 30.3 Å². The van der Waals surface area contributed by atoms with Crippen LogP contribution in [0.1, 0.15) is 5.56 Å². The summed E-state index contributed by atoms with van der Waals surface area (Å²) in [4.78, 5) is 4.33.